The van der Waals surface area contributed by atoms with Crippen LogP contribution in [0.15, 0.2) is 34.9 Å². The second-order valence-electron chi connectivity index (χ2n) is 16.2. The molecule has 6 nitrogen and oxygen atoms in total. The van der Waals surface area contributed by atoms with Gasteiger partial charge in [0.1, 0.15) is 6.61 Å². The van der Waals surface area contributed by atoms with E-state index in [1.807, 2.05) is 26.8 Å². The fraction of sp³-hybridized carbons (Fsp3) is 0.775. The number of rotatable bonds is 20. The third kappa shape index (κ3) is 13.8. The monoisotopic (exact) mass is 674 g/mol. The lowest BCUT2D eigenvalue weighted by atomic mass is 9.88. The Kier molecular flexibility index (Phi) is 18.2. The summed E-state index contributed by atoms with van der Waals surface area (Å²) in [5.41, 5.74) is 2.06. The molecule has 1 heterocycles. The predicted molar refractivity (Wildman–Crippen MR) is 200 cm³/mol. The highest BCUT2D eigenvalue weighted by Gasteiger charge is 2.41. The average molecular weight is 674 g/mol. The van der Waals surface area contributed by atoms with Crippen molar-refractivity contribution in [1.82, 2.24) is 4.90 Å². The minimum absolute atomic E-state index is 0.0425. The van der Waals surface area contributed by atoms with Crippen LogP contribution in [-0.4, -0.2) is 49.8 Å². The molecule has 1 aliphatic heterocycles. The molecule has 47 heavy (non-hydrogen) atoms. The number of Topliss-reactive ketones (excluding diaryl/α,β-unsaturated/α-hetero) is 1. The Morgan fingerprint density at radius 1 is 0.915 bits per heavy atom. The number of carbonyl (C=O) groups is 3. The van der Waals surface area contributed by atoms with Crippen LogP contribution < -0.4 is 0 Å². The van der Waals surface area contributed by atoms with Gasteiger partial charge in [0, 0.05) is 11.5 Å². The van der Waals surface area contributed by atoms with Crippen LogP contribution in [-0.2, 0) is 18.8 Å². The molecule has 0 radical (unpaired) electrons. The molecular formula is C40H71NO5Si. The summed E-state index contributed by atoms with van der Waals surface area (Å²) in [5, 5.41) is 0.124. The van der Waals surface area contributed by atoms with Crippen LogP contribution in [0, 0.1) is 23.7 Å². The number of unbranched alkanes of at least 4 members (excludes halogenated alkanes) is 7. The molecular weight excluding hydrogens is 603 g/mol. The van der Waals surface area contributed by atoms with Crippen molar-refractivity contribution < 1.29 is 23.5 Å². The van der Waals surface area contributed by atoms with E-state index in [9.17, 15) is 14.4 Å². The maximum atomic E-state index is 13.4. The van der Waals surface area contributed by atoms with Crippen molar-refractivity contribution >= 4 is 26.1 Å². The number of allylic oxidation sites excluding steroid dienone is 4. The van der Waals surface area contributed by atoms with Gasteiger partial charge < -0.3 is 9.16 Å². The lowest BCUT2D eigenvalue weighted by molar-refractivity contribution is -0.125. The highest BCUT2D eigenvalue weighted by molar-refractivity contribution is 6.74. The van der Waals surface area contributed by atoms with Gasteiger partial charge in [-0.25, -0.2) is 9.69 Å². The Hall–Kier alpha value is -1.99. The lowest BCUT2D eigenvalue weighted by Gasteiger charge is -2.42. The number of ether oxygens (including phenoxy) is 1. The zero-order valence-electron chi connectivity index (χ0n) is 32.8. The molecule has 1 saturated heterocycles. The molecule has 1 fully saturated rings. The van der Waals surface area contributed by atoms with Gasteiger partial charge in [0.15, 0.2) is 14.1 Å². The van der Waals surface area contributed by atoms with Crippen LogP contribution >= 0.6 is 0 Å². The highest BCUT2D eigenvalue weighted by Crippen LogP contribution is 2.40. The summed E-state index contributed by atoms with van der Waals surface area (Å²) in [6.07, 6.45) is 17.1. The third-order valence-electron chi connectivity index (χ3n) is 10.3. The van der Waals surface area contributed by atoms with Crippen LogP contribution in [0.3, 0.4) is 0 Å². The molecule has 1 rings (SSSR count). The molecule has 7 heteroatoms. The van der Waals surface area contributed by atoms with Gasteiger partial charge in [-0.1, -0.05) is 137 Å². The van der Waals surface area contributed by atoms with Gasteiger partial charge in [-0.2, -0.15) is 0 Å². The topological polar surface area (TPSA) is 72.9 Å². The molecule has 1 aliphatic rings. The SMILES string of the molecule is CCCCCCCCCC[C@H](C)[C@@H](O[Si](C)(C)C(C)(C)C)[C@@H](C)/C=C(C)/C=C(\C)C(=O)[C@H](C)/C=C(\C)C(=O)N1C(=O)OC[C@H]1C(C)C. The number of ketones is 1. The third-order valence-corrected chi connectivity index (χ3v) is 14.8. The van der Waals surface area contributed by atoms with E-state index in [-0.39, 0.29) is 41.4 Å². The zero-order chi connectivity index (χ0) is 36.1. The molecule has 0 aromatic rings. The summed E-state index contributed by atoms with van der Waals surface area (Å²) in [6, 6.07) is -0.298. The van der Waals surface area contributed by atoms with Crippen LogP contribution in [0.2, 0.25) is 18.1 Å². The molecule has 0 unspecified atom stereocenters. The second-order valence-corrected chi connectivity index (χ2v) is 21.0. The van der Waals surface area contributed by atoms with Crippen LogP contribution in [0.25, 0.3) is 0 Å². The maximum absolute atomic E-state index is 13.4. The fourth-order valence-electron chi connectivity index (χ4n) is 6.22. The van der Waals surface area contributed by atoms with Gasteiger partial charge in [0.05, 0.1) is 12.1 Å². The van der Waals surface area contributed by atoms with Crippen molar-refractivity contribution in [1.29, 1.82) is 0 Å². The summed E-state index contributed by atoms with van der Waals surface area (Å²) in [6.45, 7) is 29.9. The Labute approximate surface area is 290 Å². The molecule has 270 valence electrons. The summed E-state index contributed by atoms with van der Waals surface area (Å²) in [7, 11) is -2.00. The number of nitrogens with zero attached hydrogens (tertiary/aromatic N) is 1. The summed E-state index contributed by atoms with van der Waals surface area (Å²) in [5.74, 6) is -0.231. The van der Waals surface area contributed by atoms with Crippen molar-refractivity contribution in [3.8, 4) is 0 Å². The highest BCUT2D eigenvalue weighted by atomic mass is 28.4. The zero-order valence-corrected chi connectivity index (χ0v) is 33.8. The lowest BCUT2D eigenvalue weighted by Crippen LogP contribution is -2.47. The number of cyclic esters (lactones) is 1. The number of hydrogen-bond donors (Lipinski definition) is 0. The van der Waals surface area contributed by atoms with Gasteiger partial charge in [0.2, 0.25) is 0 Å². The molecule has 0 saturated carbocycles. The van der Waals surface area contributed by atoms with Crippen molar-refractivity contribution in [2.45, 2.75) is 171 Å². The molecule has 5 atom stereocenters. The average Bonchev–Trinajstić information content (AvgIpc) is 3.36. The second kappa shape index (κ2) is 19.9. The van der Waals surface area contributed by atoms with E-state index < -0.39 is 26.2 Å². The molecule has 0 bridgehead atoms. The fourth-order valence-corrected chi connectivity index (χ4v) is 7.71. The summed E-state index contributed by atoms with van der Waals surface area (Å²) < 4.78 is 12.3. The van der Waals surface area contributed by atoms with Crippen molar-refractivity contribution in [3.63, 3.8) is 0 Å². The van der Waals surface area contributed by atoms with Gasteiger partial charge in [-0.05, 0) is 68.7 Å². The Morgan fingerprint density at radius 3 is 2.00 bits per heavy atom. The van der Waals surface area contributed by atoms with Gasteiger partial charge in [-0.15, -0.1) is 0 Å². The van der Waals surface area contributed by atoms with Crippen LogP contribution in [0.1, 0.15) is 141 Å². The molecule has 0 spiro atoms. The van der Waals surface area contributed by atoms with E-state index in [0.29, 0.717) is 17.1 Å². The summed E-state index contributed by atoms with van der Waals surface area (Å²) >= 11 is 0. The Morgan fingerprint density at radius 2 is 1.47 bits per heavy atom. The van der Waals surface area contributed by atoms with Gasteiger partial charge in [-0.3, -0.25) is 9.59 Å². The van der Waals surface area contributed by atoms with Crippen LogP contribution in [0.5, 0.6) is 0 Å². The Bertz CT molecular complexity index is 1110. The number of amides is 2. The first kappa shape index (κ1) is 43.0. The number of imide groups is 1. The van der Waals surface area contributed by atoms with Crippen LogP contribution in [0.4, 0.5) is 4.79 Å². The van der Waals surface area contributed by atoms with Crippen molar-refractivity contribution in [3.05, 3.63) is 34.9 Å². The van der Waals surface area contributed by atoms with E-state index in [1.54, 1.807) is 19.9 Å². The minimum atomic E-state index is -2.00. The van der Waals surface area contributed by atoms with E-state index in [4.69, 9.17) is 9.16 Å². The molecule has 0 N–H and O–H groups in total. The van der Waals surface area contributed by atoms with Gasteiger partial charge >= 0.3 is 6.09 Å². The first-order valence-corrected chi connectivity index (χ1v) is 21.4. The standard InChI is InChI=1S/C40H71NO5Si/c1-15-16-17-18-19-20-21-22-23-30(5)37(46-47(13,14)40(10,11)12)33(8)25-29(4)24-31(6)36(42)32(7)26-34(9)38(43)41-35(28(2)3)27-45-39(41)44/h24-26,28,30,32-33,35,37H,15-23,27H2,1-14H3/b29-25+,31-24+,34-26+/t30-,32+,33-,35-,37+/m0/s1. The number of hydrogen-bond acceptors (Lipinski definition) is 5. The first-order chi connectivity index (χ1) is 21.7. The van der Waals surface area contributed by atoms with E-state index in [0.717, 1.165) is 12.0 Å². The van der Waals surface area contributed by atoms with E-state index in [2.05, 4.69) is 67.6 Å². The Balaban J connectivity index is 3.04. The van der Waals surface area contributed by atoms with Crippen molar-refractivity contribution in [2.75, 3.05) is 6.61 Å². The van der Waals surface area contributed by atoms with Crippen molar-refractivity contribution in [2.24, 2.45) is 23.7 Å². The molecule has 0 aliphatic carbocycles. The number of carbonyl (C=O) groups excluding carboxylic acids is 3. The van der Waals surface area contributed by atoms with Gasteiger partial charge in [0.25, 0.3) is 5.91 Å². The largest absolute Gasteiger partial charge is 0.447 e. The summed E-state index contributed by atoms with van der Waals surface area (Å²) in [4.78, 5) is 40.0. The normalized spacial score (nSPS) is 19.6. The molecule has 0 aromatic heterocycles. The minimum Gasteiger partial charge on any atom is -0.447 e. The predicted octanol–water partition coefficient (Wildman–Crippen LogP) is 11.2. The van der Waals surface area contributed by atoms with E-state index >= 15 is 0 Å². The first-order valence-electron chi connectivity index (χ1n) is 18.5. The quantitative estimate of drug-likeness (QED) is 0.0556. The molecule has 2 amide bonds. The maximum Gasteiger partial charge on any atom is 0.417 e. The smallest absolute Gasteiger partial charge is 0.417 e. The molecule has 0 aromatic carbocycles. The van der Waals surface area contributed by atoms with E-state index in [1.165, 1.54) is 56.3 Å².